The number of aromatic hydroxyl groups is 1. The van der Waals surface area contributed by atoms with E-state index in [4.69, 9.17) is 0 Å². The zero-order valence-electron chi connectivity index (χ0n) is 21.8. The number of likely N-dealkylation sites (tertiary alicyclic amines) is 1. The van der Waals surface area contributed by atoms with Crippen molar-refractivity contribution in [2.24, 2.45) is 11.8 Å². The van der Waals surface area contributed by atoms with Crippen LogP contribution in [0.5, 0.6) is 5.75 Å². The fourth-order valence-electron chi connectivity index (χ4n) is 5.83. The third-order valence-corrected chi connectivity index (χ3v) is 7.85. The average molecular weight is 525 g/mol. The van der Waals surface area contributed by atoms with Gasteiger partial charge in [0.05, 0.1) is 11.8 Å². The molecular formula is C32H32N2O5. The van der Waals surface area contributed by atoms with Crippen LogP contribution in [0.4, 0.5) is 0 Å². The highest BCUT2D eigenvalue weighted by Gasteiger charge is 2.68. The van der Waals surface area contributed by atoms with E-state index in [-0.39, 0.29) is 24.6 Å². The summed E-state index contributed by atoms with van der Waals surface area (Å²) >= 11 is 0. The molecule has 39 heavy (non-hydrogen) atoms. The van der Waals surface area contributed by atoms with Gasteiger partial charge < -0.3 is 10.2 Å². The average Bonchev–Trinajstić information content (AvgIpc) is 3.42. The molecule has 3 aromatic rings. The Bertz CT molecular complexity index is 1380. The van der Waals surface area contributed by atoms with Crippen molar-refractivity contribution in [2.45, 2.75) is 37.8 Å². The van der Waals surface area contributed by atoms with Crippen molar-refractivity contribution in [1.82, 2.24) is 10.2 Å². The topological polar surface area (TPSA) is 107 Å². The Balaban J connectivity index is 1.50. The molecular weight excluding hydrogens is 492 g/mol. The number of fused-ring (bicyclic) bond motifs is 1. The molecule has 2 aliphatic rings. The number of hydrogen-bond donors (Lipinski definition) is 3. The Morgan fingerprint density at radius 3 is 2.18 bits per heavy atom. The van der Waals surface area contributed by atoms with Crippen LogP contribution < -0.4 is 5.32 Å². The maximum Gasteiger partial charge on any atom is 0.325 e. The van der Waals surface area contributed by atoms with Gasteiger partial charge in [-0.25, -0.2) is 0 Å². The minimum atomic E-state index is -1.67. The summed E-state index contributed by atoms with van der Waals surface area (Å²) in [5, 5.41) is 23.5. The second-order valence-electron chi connectivity index (χ2n) is 10.3. The van der Waals surface area contributed by atoms with Crippen LogP contribution in [0.3, 0.4) is 0 Å². The molecule has 0 bridgehead atoms. The Labute approximate surface area is 227 Å². The lowest BCUT2D eigenvalue weighted by Crippen LogP contribution is -2.57. The van der Waals surface area contributed by atoms with Crippen LogP contribution in [0.15, 0.2) is 78.9 Å². The molecule has 3 aromatic carbocycles. The molecule has 2 saturated heterocycles. The Morgan fingerprint density at radius 1 is 0.923 bits per heavy atom. The van der Waals surface area contributed by atoms with Gasteiger partial charge in [0, 0.05) is 19.0 Å². The van der Waals surface area contributed by atoms with Gasteiger partial charge in [0.2, 0.25) is 11.8 Å². The number of nitrogens with one attached hydrogen (secondary N) is 1. The molecule has 200 valence electrons. The molecule has 3 N–H and O–H groups in total. The number of amides is 2. The van der Waals surface area contributed by atoms with E-state index in [2.05, 4.69) is 5.32 Å². The summed E-state index contributed by atoms with van der Waals surface area (Å²) in [6, 6.07) is 23.2. The SMILES string of the molecule is CCCCN1C(=O)C2C(c3ccc(C=Cc4ccccc4)cc3)NC(Cc3ccc(O)cc3)(C(=O)O)C2C1=O. The lowest BCUT2D eigenvalue weighted by molar-refractivity contribution is -0.151. The molecule has 0 aromatic heterocycles. The second kappa shape index (κ2) is 10.9. The standard InChI is InChI=1S/C32H32N2O5/c1-2-3-19-34-29(36)26-27(30(34)37)32(31(38)39,20-23-13-17-25(35)18-14-23)33-28(26)24-15-11-22(12-16-24)10-9-21-7-5-4-6-8-21/h4-18,26-28,33,35H,2-3,19-20H2,1H3,(H,38,39). The number of rotatable bonds is 9. The van der Waals surface area contributed by atoms with Crippen molar-refractivity contribution in [3.63, 3.8) is 0 Å². The van der Waals surface area contributed by atoms with Crippen LogP contribution in [-0.4, -0.2) is 45.0 Å². The van der Waals surface area contributed by atoms with Crippen LogP contribution >= 0.6 is 0 Å². The number of phenolic OH excluding ortho intramolecular Hbond substituents is 1. The molecule has 0 aliphatic carbocycles. The maximum atomic E-state index is 13.7. The van der Waals surface area contributed by atoms with Gasteiger partial charge >= 0.3 is 5.97 Å². The van der Waals surface area contributed by atoms with Crippen molar-refractivity contribution < 1.29 is 24.6 Å². The number of aliphatic carboxylic acids is 1. The molecule has 7 heteroatoms. The van der Waals surface area contributed by atoms with Gasteiger partial charge in [-0.05, 0) is 40.8 Å². The van der Waals surface area contributed by atoms with E-state index in [1.54, 1.807) is 12.1 Å². The minimum absolute atomic E-state index is 0.00118. The number of carboxylic acid groups (broad SMARTS) is 1. The monoisotopic (exact) mass is 524 g/mol. The number of unbranched alkanes of at least 4 members (excludes halogenated alkanes) is 1. The van der Waals surface area contributed by atoms with Crippen LogP contribution in [-0.2, 0) is 20.8 Å². The van der Waals surface area contributed by atoms with E-state index in [0.29, 0.717) is 12.0 Å². The molecule has 2 amide bonds. The quantitative estimate of drug-likeness (QED) is 0.277. The second-order valence-corrected chi connectivity index (χ2v) is 10.3. The first kappa shape index (κ1) is 26.4. The lowest BCUT2D eigenvalue weighted by Gasteiger charge is -2.31. The van der Waals surface area contributed by atoms with Gasteiger partial charge in [-0.1, -0.05) is 92.2 Å². The lowest BCUT2D eigenvalue weighted by atomic mass is 9.76. The van der Waals surface area contributed by atoms with E-state index < -0.39 is 35.3 Å². The summed E-state index contributed by atoms with van der Waals surface area (Å²) in [7, 11) is 0. The molecule has 7 nitrogen and oxygen atoms in total. The molecule has 4 unspecified atom stereocenters. The largest absolute Gasteiger partial charge is 0.508 e. The number of benzene rings is 3. The third-order valence-electron chi connectivity index (χ3n) is 7.85. The zero-order chi connectivity index (χ0) is 27.6. The summed E-state index contributed by atoms with van der Waals surface area (Å²) in [6.07, 6.45) is 5.47. The summed E-state index contributed by atoms with van der Waals surface area (Å²) in [5.74, 6) is -3.73. The van der Waals surface area contributed by atoms with Crippen molar-refractivity contribution in [1.29, 1.82) is 0 Å². The van der Waals surface area contributed by atoms with Gasteiger partial charge in [-0.2, -0.15) is 0 Å². The summed E-state index contributed by atoms with van der Waals surface area (Å²) < 4.78 is 0. The van der Waals surface area contributed by atoms with Gasteiger partial charge in [0.25, 0.3) is 0 Å². The molecule has 0 spiro atoms. The third kappa shape index (κ3) is 4.98. The van der Waals surface area contributed by atoms with Crippen molar-refractivity contribution >= 4 is 29.9 Å². The zero-order valence-corrected chi connectivity index (χ0v) is 21.8. The van der Waals surface area contributed by atoms with Crippen LogP contribution in [0, 0.1) is 11.8 Å². The molecule has 2 fully saturated rings. The number of phenols is 1. The number of carbonyl (C=O) groups excluding carboxylic acids is 2. The van der Waals surface area contributed by atoms with Crippen LogP contribution in [0.1, 0.15) is 48.1 Å². The van der Waals surface area contributed by atoms with E-state index >= 15 is 0 Å². The number of carbonyl (C=O) groups is 3. The molecule has 0 radical (unpaired) electrons. The van der Waals surface area contributed by atoms with Crippen molar-refractivity contribution in [2.75, 3.05) is 6.54 Å². The molecule has 0 saturated carbocycles. The number of hydrogen-bond acceptors (Lipinski definition) is 5. The first-order valence-electron chi connectivity index (χ1n) is 13.3. The molecule has 2 aliphatic heterocycles. The highest BCUT2D eigenvalue weighted by Crippen LogP contribution is 2.50. The first-order valence-corrected chi connectivity index (χ1v) is 13.3. The number of carboxylic acids is 1. The molecule has 5 rings (SSSR count). The van der Waals surface area contributed by atoms with Crippen molar-refractivity contribution in [3.8, 4) is 5.75 Å². The Kier molecular flexibility index (Phi) is 7.35. The predicted molar refractivity (Wildman–Crippen MR) is 148 cm³/mol. The Hall–Kier alpha value is -4.23. The highest BCUT2D eigenvalue weighted by molar-refractivity contribution is 6.09. The fourth-order valence-corrected chi connectivity index (χ4v) is 5.83. The minimum Gasteiger partial charge on any atom is -0.508 e. The maximum absolute atomic E-state index is 13.7. The molecule has 2 heterocycles. The normalized spacial score (nSPS) is 24.4. The van der Waals surface area contributed by atoms with Crippen molar-refractivity contribution in [3.05, 3.63) is 101 Å². The van der Waals surface area contributed by atoms with E-state index in [0.717, 1.165) is 23.1 Å². The van der Waals surface area contributed by atoms with E-state index in [1.807, 2.05) is 73.7 Å². The first-order chi connectivity index (χ1) is 18.8. The van der Waals surface area contributed by atoms with E-state index in [9.17, 15) is 24.6 Å². The fraction of sp³-hybridized carbons (Fsp3) is 0.281. The molecule has 4 atom stereocenters. The number of nitrogens with zero attached hydrogens (tertiary/aromatic N) is 1. The summed E-state index contributed by atoms with van der Waals surface area (Å²) in [5.41, 5.74) is 1.77. The van der Waals surface area contributed by atoms with Crippen LogP contribution in [0.25, 0.3) is 12.2 Å². The van der Waals surface area contributed by atoms with Gasteiger partial charge in [0.1, 0.15) is 11.3 Å². The summed E-state index contributed by atoms with van der Waals surface area (Å²) in [6.45, 7) is 2.27. The van der Waals surface area contributed by atoms with Gasteiger partial charge in [-0.15, -0.1) is 0 Å². The van der Waals surface area contributed by atoms with Gasteiger partial charge in [-0.3, -0.25) is 24.6 Å². The highest BCUT2D eigenvalue weighted by atomic mass is 16.4. The van der Waals surface area contributed by atoms with Crippen LogP contribution in [0.2, 0.25) is 0 Å². The summed E-state index contributed by atoms with van der Waals surface area (Å²) in [4.78, 5) is 41.5. The predicted octanol–water partition coefficient (Wildman–Crippen LogP) is 4.67. The van der Waals surface area contributed by atoms with E-state index in [1.165, 1.54) is 17.0 Å². The smallest absolute Gasteiger partial charge is 0.325 e. The Morgan fingerprint density at radius 2 is 1.56 bits per heavy atom. The number of imide groups is 1. The van der Waals surface area contributed by atoms with Gasteiger partial charge in [0.15, 0.2) is 0 Å².